The molecule has 0 saturated carbocycles. The highest BCUT2D eigenvalue weighted by Gasteiger charge is 2.22. The summed E-state index contributed by atoms with van der Waals surface area (Å²) in [6.07, 6.45) is 0. The third-order valence-electron chi connectivity index (χ3n) is 2.65. The van der Waals surface area contributed by atoms with Crippen molar-refractivity contribution < 1.29 is 9.90 Å². The Morgan fingerprint density at radius 2 is 2.33 bits per heavy atom. The van der Waals surface area contributed by atoms with Gasteiger partial charge in [-0.3, -0.25) is 4.68 Å². The number of carboxylic acids is 1. The Morgan fingerprint density at radius 1 is 1.61 bits per heavy atom. The molecule has 0 aromatic carbocycles. The van der Waals surface area contributed by atoms with Crippen molar-refractivity contribution >= 4 is 23.1 Å². The maximum absolute atomic E-state index is 11.3. The maximum atomic E-state index is 11.3. The zero-order valence-corrected chi connectivity index (χ0v) is 11.2. The lowest BCUT2D eigenvalue weighted by Gasteiger charge is -2.18. The quantitative estimate of drug-likeness (QED) is 0.908. The number of rotatable bonds is 4. The molecule has 2 rings (SSSR count). The lowest BCUT2D eigenvalue weighted by molar-refractivity contribution is 0.0696. The summed E-state index contributed by atoms with van der Waals surface area (Å²) in [7, 11) is 3.58. The van der Waals surface area contributed by atoms with Gasteiger partial charge in [0.25, 0.3) is 0 Å². The molecule has 6 nitrogen and oxygen atoms in total. The van der Waals surface area contributed by atoms with Crippen LogP contribution in [0.25, 0.3) is 0 Å². The largest absolute Gasteiger partial charge is 0.477 e. The lowest BCUT2D eigenvalue weighted by atomic mass is 10.2. The van der Waals surface area contributed by atoms with Crippen LogP contribution >= 0.6 is 11.3 Å². The van der Waals surface area contributed by atoms with Crippen LogP contribution in [0.5, 0.6) is 0 Å². The number of thiazole rings is 1. The van der Waals surface area contributed by atoms with Crippen molar-refractivity contribution in [1.82, 2.24) is 14.8 Å². The van der Waals surface area contributed by atoms with Crippen LogP contribution in [0.4, 0.5) is 5.82 Å². The predicted molar refractivity (Wildman–Crippen MR) is 69.1 cm³/mol. The van der Waals surface area contributed by atoms with Crippen LogP contribution in [0.2, 0.25) is 0 Å². The minimum Gasteiger partial charge on any atom is -0.477 e. The average Bonchev–Trinajstić information content (AvgIpc) is 2.85. The van der Waals surface area contributed by atoms with Crippen molar-refractivity contribution in [3.63, 3.8) is 0 Å². The van der Waals surface area contributed by atoms with Crippen LogP contribution in [0.1, 0.15) is 21.7 Å². The minimum atomic E-state index is -0.958. The Labute approximate surface area is 108 Å². The molecule has 0 fully saturated rings. The normalized spacial score (nSPS) is 10.6. The molecule has 0 aliphatic heterocycles. The van der Waals surface area contributed by atoms with Crippen molar-refractivity contribution in [3.05, 3.63) is 27.8 Å². The predicted octanol–water partition coefficient (Wildman–Crippen LogP) is 1.52. The second-order valence-electron chi connectivity index (χ2n) is 4.05. The number of carboxylic acid groups (broad SMARTS) is 1. The van der Waals surface area contributed by atoms with E-state index in [2.05, 4.69) is 10.1 Å². The first kappa shape index (κ1) is 12.6. The summed E-state index contributed by atoms with van der Waals surface area (Å²) in [6, 6.07) is 0. The fraction of sp³-hybridized carbons (Fsp3) is 0.364. The number of aromatic nitrogens is 3. The molecule has 2 aromatic rings. The second-order valence-corrected chi connectivity index (χ2v) is 4.77. The van der Waals surface area contributed by atoms with Gasteiger partial charge in [-0.2, -0.15) is 5.10 Å². The molecule has 1 N–H and O–H groups in total. The molecule has 2 heterocycles. The van der Waals surface area contributed by atoms with Gasteiger partial charge >= 0.3 is 5.97 Å². The van der Waals surface area contributed by atoms with Gasteiger partial charge in [0.15, 0.2) is 0 Å². The van der Waals surface area contributed by atoms with Crippen LogP contribution in [0, 0.1) is 6.92 Å². The molecule has 0 aliphatic carbocycles. The average molecular weight is 266 g/mol. The highest BCUT2D eigenvalue weighted by atomic mass is 32.1. The van der Waals surface area contributed by atoms with Gasteiger partial charge in [0.2, 0.25) is 0 Å². The van der Waals surface area contributed by atoms with Crippen LogP contribution in [-0.4, -0.2) is 32.9 Å². The van der Waals surface area contributed by atoms with Gasteiger partial charge < -0.3 is 10.0 Å². The molecule has 7 heteroatoms. The van der Waals surface area contributed by atoms with Crippen molar-refractivity contribution in [1.29, 1.82) is 0 Å². The van der Waals surface area contributed by atoms with E-state index in [1.165, 1.54) is 11.3 Å². The second kappa shape index (κ2) is 4.77. The number of nitrogens with zero attached hydrogens (tertiary/aromatic N) is 4. The number of aryl methyl sites for hydroxylation is 2. The van der Waals surface area contributed by atoms with E-state index >= 15 is 0 Å². The summed E-state index contributed by atoms with van der Waals surface area (Å²) in [4.78, 5) is 17.3. The number of anilines is 1. The molecule has 0 saturated heterocycles. The summed E-state index contributed by atoms with van der Waals surface area (Å²) >= 11 is 1.52. The number of hydrogen-bond donors (Lipinski definition) is 1. The Hall–Kier alpha value is -1.89. The Kier molecular flexibility index (Phi) is 3.33. The highest BCUT2D eigenvalue weighted by molar-refractivity contribution is 7.07. The fourth-order valence-corrected chi connectivity index (χ4v) is 2.52. The summed E-state index contributed by atoms with van der Waals surface area (Å²) in [6.45, 7) is 2.26. The van der Waals surface area contributed by atoms with Crippen molar-refractivity contribution in [2.24, 2.45) is 7.05 Å². The summed E-state index contributed by atoms with van der Waals surface area (Å²) in [5.74, 6) is -0.367. The zero-order valence-electron chi connectivity index (χ0n) is 10.4. The van der Waals surface area contributed by atoms with Gasteiger partial charge in [-0.15, -0.1) is 11.3 Å². The summed E-state index contributed by atoms with van der Waals surface area (Å²) in [5, 5.41) is 15.3. The van der Waals surface area contributed by atoms with Gasteiger partial charge in [0.1, 0.15) is 11.4 Å². The van der Waals surface area contributed by atoms with E-state index in [0.29, 0.717) is 18.1 Å². The highest BCUT2D eigenvalue weighted by Crippen LogP contribution is 2.23. The van der Waals surface area contributed by atoms with E-state index in [9.17, 15) is 9.90 Å². The first-order valence-corrected chi connectivity index (χ1v) is 6.30. The molecular weight excluding hydrogens is 252 g/mol. The third-order valence-corrected chi connectivity index (χ3v) is 3.29. The van der Waals surface area contributed by atoms with E-state index in [-0.39, 0.29) is 5.56 Å². The molecule has 0 bridgehead atoms. The molecule has 96 valence electrons. The van der Waals surface area contributed by atoms with Gasteiger partial charge in [0, 0.05) is 19.5 Å². The van der Waals surface area contributed by atoms with Gasteiger partial charge in [-0.25, -0.2) is 9.78 Å². The molecule has 2 aromatic heterocycles. The van der Waals surface area contributed by atoms with E-state index in [0.717, 1.165) is 5.69 Å². The monoisotopic (exact) mass is 266 g/mol. The SMILES string of the molecule is Cc1nn(C)c(N(C)Cc2cscn2)c1C(=O)O. The van der Waals surface area contributed by atoms with E-state index in [4.69, 9.17) is 0 Å². The first-order valence-electron chi connectivity index (χ1n) is 5.35. The number of aromatic carboxylic acids is 1. The number of hydrogen-bond acceptors (Lipinski definition) is 5. The first-order chi connectivity index (χ1) is 8.50. The third kappa shape index (κ3) is 2.21. The molecule has 0 unspecified atom stereocenters. The summed E-state index contributed by atoms with van der Waals surface area (Å²) < 4.78 is 1.59. The van der Waals surface area contributed by atoms with Crippen LogP contribution < -0.4 is 4.90 Å². The van der Waals surface area contributed by atoms with Crippen LogP contribution in [0.15, 0.2) is 10.9 Å². The smallest absolute Gasteiger partial charge is 0.341 e. The Bertz CT molecular complexity index is 562. The Morgan fingerprint density at radius 3 is 2.89 bits per heavy atom. The summed E-state index contributed by atoms with van der Waals surface area (Å²) in [5.41, 5.74) is 3.44. The fourth-order valence-electron chi connectivity index (χ4n) is 1.97. The van der Waals surface area contributed by atoms with Crippen molar-refractivity contribution in [3.8, 4) is 0 Å². The molecule has 0 aliphatic rings. The van der Waals surface area contributed by atoms with Gasteiger partial charge in [-0.1, -0.05) is 0 Å². The molecule has 0 atom stereocenters. The molecule has 18 heavy (non-hydrogen) atoms. The van der Waals surface area contributed by atoms with E-state index < -0.39 is 5.97 Å². The molecule has 0 amide bonds. The van der Waals surface area contributed by atoms with Crippen LogP contribution in [-0.2, 0) is 13.6 Å². The van der Waals surface area contributed by atoms with E-state index in [1.54, 1.807) is 24.2 Å². The molecule has 0 spiro atoms. The molecule has 0 radical (unpaired) electrons. The van der Waals surface area contributed by atoms with Gasteiger partial charge in [0.05, 0.1) is 23.4 Å². The maximum Gasteiger partial charge on any atom is 0.341 e. The lowest BCUT2D eigenvalue weighted by Crippen LogP contribution is -2.22. The standard InChI is InChI=1S/C11H14N4O2S/c1-7-9(11(16)17)10(15(3)13-7)14(2)4-8-5-18-6-12-8/h5-6H,4H2,1-3H3,(H,16,17). The van der Waals surface area contributed by atoms with E-state index in [1.807, 2.05) is 17.3 Å². The van der Waals surface area contributed by atoms with Crippen molar-refractivity contribution in [2.45, 2.75) is 13.5 Å². The zero-order chi connectivity index (χ0) is 13.3. The number of carbonyl (C=O) groups is 1. The van der Waals surface area contributed by atoms with Crippen molar-refractivity contribution in [2.75, 3.05) is 11.9 Å². The molecular formula is C11H14N4O2S. The van der Waals surface area contributed by atoms with Crippen LogP contribution in [0.3, 0.4) is 0 Å². The topological polar surface area (TPSA) is 71.2 Å². The van der Waals surface area contributed by atoms with Gasteiger partial charge in [-0.05, 0) is 6.92 Å². The minimum absolute atomic E-state index is 0.246. The Balaban J connectivity index is 2.35.